The van der Waals surface area contributed by atoms with Crippen LogP contribution in [-0.4, -0.2) is 44.8 Å². The van der Waals surface area contributed by atoms with Crippen molar-refractivity contribution in [2.24, 2.45) is 5.73 Å². The van der Waals surface area contributed by atoms with Gasteiger partial charge in [-0.1, -0.05) is 22.6 Å². The van der Waals surface area contributed by atoms with Gasteiger partial charge in [-0.25, -0.2) is 0 Å². The van der Waals surface area contributed by atoms with Crippen LogP contribution in [0.4, 0.5) is 0 Å². The highest BCUT2D eigenvalue weighted by molar-refractivity contribution is 14.1. The molecule has 0 saturated heterocycles. The first kappa shape index (κ1) is 17.1. The van der Waals surface area contributed by atoms with Gasteiger partial charge in [0.1, 0.15) is 3.42 Å². The third-order valence-electron chi connectivity index (χ3n) is 2.43. The Balaban J connectivity index is 2.80. The highest BCUT2D eigenvalue weighted by Gasteiger charge is 2.43. The first-order valence-corrected chi connectivity index (χ1v) is 8.32. The summed E-state index contributed by atoms with van der Waals surface area (Å²) in [5, 5.41) is 20.5. The fraction of sp³-hybridized carbons (Fsp3) is 0.500. The molecule has 3 atom stereocenters. The van der Waals surface area contributed by atoms with Gasteiger partial charge in [-0.3, -0.25) is 4.79 Å². The second-order valence-corrected chi connectivity index (χ2v) is 8.13. The maximum absolute atomic E-state index is 12.2. The number of hydrogen-bond acceptors (Lipinski definition) is 4. The molecule has 5 N–H and O–H groups in total. The molecule has 1 aliphatic carbocycles. The summed E-state index contributed by atoms with van der Waals surface area (Å²) in [7, 11) is 0. The first-order valence-electron chi connectivity index (χ1n) is 5.08. The van der Waals surface area contributed by atoms with Gasteiger partial charge < -0.3 is 21.3 Å². The molecule has 0 bridgehead atoms. The predicted molar refractivity (Wildman–Crippen MR) is 95.0 cm³/mol. The molecule has 0 aromatic carbocycles. The van der Waals surface area contributed by atoms with Crippen molar-refractivity contribution in [2.45, 2.75) is 15.6 Å². The van der Waals surface area contributed by atoms with Crippen molar-refractivity contribution in [1.29, 1.82) is 0 Å². The molecule has 0 radical (unpaired) electrons. The second kappa shape index (κ2) is 7.15. The number of allylic oxidation sites excluding steroid dienone is 2. The molecule has 1 rings (SSSR count). The SMILES string of the molecule is NC1C(I)=CC(I)=CC1(I)C(=O)NCC(O)CO. The van der Waals surface area contributed by atoms with Crippen LogP contribution < -0.4 is 11.1 Å². The average Bonchev–Trinajstić information content (AvgIpc) is 2.32. The predicted octanol–water partition coefficient (Wildman–Crippen LogP) is 0.608. The van der Waals surface area contributed by atoms with Gasteiger partial charge in [-0.2, -0.15) is 0 Å². The van der Waals surface area contributed by atoms with Gasteiger partial charge in [0, 0.05) is 13.7 Å². The minimum atomic E-state index is -0.952. The van der Waals surface area contributed by atoms with E-state index < -0.39 is 15.6 Å². The van der Waals surface area contributed by atoms with Crippen LogP contribution in [0.5, 0.6) is 0 Å². The van der Waals surface area contributed by atoms with E-state index in [0.29, 0.717) is 0 Å². The molecular formula is C10H13I3N2O3. The van der Waals surface area contributed by atoms with Crippen molar-refractivity contribution in [3.8, 4) is 0 Å². The normalized spacial score (nSPS) is 29.3. The lowest BCUT2D eigenvalue weighted by atomic mass is 9.95. The molecule has 102 valence electrons. The summed E-state index contributed by atoms with van der Waals surface area (Å²) in [4.78, 5) is 12.2. The number of hydrogen-bond donors (Lipinski definition) is 4. The maximum Gasteiger partial charge on any atom is 0.242 e. The minimum absolute atomic E-state index is 0.0114. The number of nitrogens with two attached hydrogens (primary N) is 1. The van der Waals surface area contributed by atoms with E-state index in [2.05, 4.69) is 50.5 Å². The van der Waals surface area contributed by atoms with Gasteiger partial charge in [0.25, 0.3) is 0 Å². The Kier molecular flexibility index (Phi) is 6.78. The Morgan fingerprint density at radius 3 is 2.78 bits per heavy atom. The van der Waals surface area contributed by atoms with E-state index in [1.54, 1.807) is 0 Å². The van der Waals surface area contributed by atoms with Gasteiger partial charge >= 0.3 is 0 Å². The quantitative estimate of drug-likeness (QED) is 0.286. The number of amides is 1. The third kappa shape index (κ3) is 4.01. The molecule has 0 heterocycles. The number of aliphatic hydroxyl groups excluding tert-OH is 2. The molecule has 1 amide bonds. The Hall–Kier alpha value is 1.02. The van der Waals surface area contributed by atoms with Crippen LogP contribution in [-0.2, 0) is 4.79 Å². The van der Waals surface area contributed by atoms with Crippen LogP contribution in [0.2, 0.25) is 0 Å². The van der Waals surface area contributed by atoms with E-state index in [1.165, 1.54) is 0 Å². The monoisotopic (exact) mass is 590 g/mol. The number of carbonyl (C=O) groups is 1. The van der Waals surface area contributed by atoms with Crippen molar-refractivity contribution < 1.29 is 15.0 Å². The summed E-state index contributed by atoms with van der Waals surface area (Å²) < 4.78 is 0.993. The molecule has 0 aliphatic heterocycles. The zero-order valence-corrected chi connectivity index (χ0v) is 15.7. The van der Waals surface area contributed by atoms with Crippen molar-refractivity contribution in [1.82, 2.24) is 5.32 Å². The van der Waals surface area contributed by atoms with Gasteiger partial charge in [0.2, 0.25) is 5.91 Å². The van der Waals surface area contributed by atoms with Crippen LogP contribution >= 0.6 is 67.8 Å². The number of nitrogens with one attached hydrogen (secondary N) is 1. The Morgan fingerprint density at radius 2 is 2.22 bits per heavy atom. The molecule has 3 unspecified atom stereocenters. The molecule has 0 saturated carbocycles. The molecule has 18 heavy (non-hydrogen) atoms. The lowest BCUT2D eigenvalue weighted by molar-refractivity contribution is -0.122. The summed E-state index contributed by atoms with van der Waals surface area (Å²) >= 11 is 6.29. The van der Waals surface area contributed by atoms with Crippen molar-refractivity contribution in [3.63, 3.8) is 0 Å². The van der Waals surface area contributed by atoms with E-state index in [0.717, 1.165) is 7.16 Å². The van der Waals surface area contributed by atoms with Crippen LogP contribution in [0, 0.1) is 0 Å². The Bertz CT molecular complexity index is 400. The van der Waals surface area contributed by atoms with Gasteiger partial charge in [-0.05, 0) is 57.3 Å². The fourth-order valence-electron chi connectivity index (χ4n) is 1.37. The highest BCUT2D eigenvalue weighted by Crippen LogP contribution is 2.38. The number of rotatable bonds is 4. The van der Waals surface area contributed by atoms with Crippen LogP contribution in [0.1, 0.15) is 0 Å². The molecule has 0 aromatic rings. The summed E-state index contributed by atoms with van der Waals surface area (Å²) in [5.74, 6) is -0.264. The van der Waals surface area contributed by atoms with Crippen LogP contribution in [0.25, 0.3) is 0 Å². The zero-order valence-electron chi connectivity index (χ0n) is 9.24. The Labute approximate surface area is 146 Å². The van der Waals surface area contributed by atoms with E-state index in [-0.39, 0.29) is 19.1 Å². The van der Waals surface area contributed by atoms with E-state index in [4.69, 9.17) is 10.8 Å². The zero-order chi connectivity index (χ0) is 13.9. The lowest BCUT2D eigenvalue weighted by Crippen LogP contribution is -2.55. The molecular weight excluding hydrogens is 577 g/mol. The molecule has 5 nitrogen and oxygen atoms in total. The highest BCUT2D eigenvalue weighted by atomic mass is 127. The van der Waals surface area contributed by atoms with Crippen molar-refractivity contribution in [2.75, 3.05) is 13.2 Å². The largest absolute Gasteiger partial charge is 0.394 e. The number of alkyl halides is 1. The third-order valence-corrected chi connectivity index (χ3v) is 5.51. The topological polar surface area (TPSA) is 95.6 Å². The van der Waals surface area contributed by atoms with Crippen LogP contribution in [0.15, 0.2) is 19.3 Å². The van der Waals surface area contributed by atoms with Gasteiger partial charge in [-0.15, -0.1) is 0 Å². The smallest absolute Gasteiger partial charge is 0.242 e. The average molecular weight is 590 g/mol. The molecule has 0 fully saturated rings. The number of carbonyl (C=O) groups excluding carboxylic acids is 1. The maximum atomic E-state index is 12.2. The molecule has 0 spiro atoms. The summed E-state index contributed by atoms with van der Waals surface area (Å²) in [6.07, 6.45) is 2.78. The van der Waals surface area contributed by atoms with Gasteiger partial charge in [0.15, 0.2) is 0 Å². The summed E-state index contributed by atoms with van der Waals surface area (Å²) in [6, 6.07) is -0.413. The van der Waals surface area contributed by atoms with E-state index in [9.17, 15) is 9.90 Å². The number of aliphatic hydroxyl groups is 2. The fourth-order valence-corrected chi connectivity index (χ4v) is 5.67. The standard InChI is InChI=1S/C10H13I3N2O3/c11-5-1-7(12)8(14)10(13,2-5)9(18)15-3-6(17)4-16/h1-2,6,8,16-17H,3-4,14H2,(H,15,18). The molecule has 1 aliphatic rings. The molecule has 0 aromatic heterocycles. The van der Waals surface area contributed by atoms with Gasteiger partial charge in [0.05, 0.1) is 18.8 Å². The summed E-state index contributed by atoms with van der Waals surface area (Å²) in [5.41, 5.74) is 6.05. The second-order valence-electron chi connectivity index (χ2n) is 3.85. The van der Waals surface area contributed by atoms with E-state index >= 15 is 0 Å². The van der Waals surface area contributed by atoms with Crippen molar-refractivity contribution >= 4 is 73.7 Å². The van der Waals surface area contributed by atoms with E-state index in [1.807, 2.05) is 34.7 Å². The van der Waals surface area contributed by atoms with Crippen LogP contribution in [0.3, 0.4) is 0 Å². The molecule has 8 heteroatoms. The Morgan fingerprint density at radius 1 is 1.61 bits per heavy atom. The van der Waals surface area contributed by atoms with Crippen molar-refractivity contribution in [3.05, 3.63) is 19.3 Å². The first-order chi connectivity index (χ1) is 8.31. The minimum Gasteiger partial charge on any atom is -0.394 e. The lowest BCUT2D eigenvalue weighted by Gasteiger charge is -2.32. The summed E-state index contributed by atoms with van der Waals surface area (Å²) in [6.45, 7) is -0.372. The number of halogens is 3.